The monoisotopic (exact) mass is 404 g/mol. The number of nitro benzene ring substituents is 1. The lowest BCUT2D eigenvalue weighted by molar-refractivity contribution is -0.385. The van der Waals surface area contributed by atoms with E-state index in [2.05, 4.69) is 0 Å². The van der Waals surface area contributed by atoms with Crippen LogP contribution in [0.4, 0.5) is 5.69 Å². The van der Waals surface area contributed by atoms with Crippen LogP contribution in [0.3, 0.4) is 0 Å². The highest BCUT2D eigenvalue weighted by Gasteiger charge is 2.40. The number of ether oxygens (including phenoxy) is 1. The van der Waals surface area contributed by atoms with E-state index in [1.54, 1.807) is 12.1 Å². The summed E-state index contributed by atoms with van der Waals surface area (Å²) in [6, 6.07) is 16.9. The van der Waals surface area contributed by atoms with Gasteiger partial charge in [-0.2, -0.15) is 0 Å². The molecule has 8 heteroatoms. The number of hydrogen-bond acceptors (Lipinski definition) is 6. The van der Waals surface area contributed by atoms with Crippen LogP contribution in [0.5, 0.6) is 5.75 Å². The minimum Gasteiger partial charge on any atom is -0.427 e. The van der Waals surface area contributed by atoms with Gasteiger partial charge >= 0.3 is 5.97 Å². The topological polar surface area (TPSA) is 107 Å². The number of amides is 2. The van der Waals surface area contributed by atoms with Gasteiger partial charge in [-0.3, -0.25) is 29.4 Å². The van der Waals surface area contributed by atoms with Crippen LogP contribution in [0.1, 0.15) is 33.6 Å². The van der Waals surface area contributed by atoms with Gasteiger partial charge in [0, 0.05) is 19.0 Å². The van der Waals surface area contributed by atoms with Gasteiger partial charge < -0.3 is 4.74 Å². The molecule has 0 radical (unpaired) electrons. The van der Waals surface area contributed by atoms with Gasteiger partial charge in [0.1, 0.15) is 11.3 Å². The summed E-state index contributed by atoms with van der Waals surface area (Å²) >= 11 is 0. The Morgan fingerprint density at radius 1 is 0.967 bits per heavy atom. The Labute approximate surface area is 170 Å². The SMILES string of the molecule is O=C(CCCN1C(=O)c2cccc([N+](=O)[O-])c2C1=O)Oc1ccc2ccccc2c1. The number of carbonyl (C=O) groups is 3. The van der Waals surface area contributed by atoms with Crippen LogP contribution in [0, 0.1) is 10.1 Å². The smallest absolute Gasteiger partial charge is 0.311 e. The van der Waals surface area contributed by atoms with Crippen LogP contribution in [-0.2, 0) is 4.79 Å². The first-order chi connectivity index (χ1) is 14.5. The third-order valence-electron chi connectivity index (χ3n) is 4.89. The molecular formula is C22H16N2O6. The molecule has 1 aliphatic heterocycles. The molecule has 0 aliphatic carbocycles. The second-order valence-corrected chi connectivity index (χ2v) is 6.81. The molecule has 0 atom stereocenters. The van der Waals surface area contributed by atoms with Gasteiger partial charge in [0.2, 0.25) is 0 Å². The summed E-state index contributed by atoms with van der Waals surface area (Å²) in [4.78, 5) is 48.5. The summed E-state index contributed by atoms with van der Waals surface area (Å²) in [6.07, 6.45) is 0.175. The van der Waals surface area contributed by atoms with Crippen molar-refractivity contribution in [3.05, 3.63) is 81.9 Å². The van der Waals surface area contributed by atoms with Gasteiger partial charge in [-0.25, -0.2) is 0 Å². The Morgan fingerprint density at radius 2 is 1.73 bits per heavy atom. The van der Waals surface area contributed by atoms with Crippen molar-refractivity contribution in [2.45, 2.75) is 12.8 Å². The van der Waals surface area contributed by atoms with E-state index in [9.17, 15) is 24.5 Å². The van der Waals surface area contributed by atoms with Gasteiger partial charge in [0.15, 0.2) is 0 Å². The predicted octanol–water partition coefficient (Wildman–Crippen LogP) is 3.73. The van der Waals surface area contributed by atoms with Gasteiger partial charge in [-0.1, -0.05) is 36.4 Å². The molecule has 0 saturated heterocycles. The molecule has 1 aliphatic rings. The highest BCUT2D eigenvalue weighted by Crippen LogP contribution is 2.30. The first-order valence-electron chi connectivity index (χ1n) is 9.29. The Morgan fingerprint density at radius 3 is 2.50 bits per heavy atom. The molecule has 0 aromatic heterocycles. The fourth-order valence-electron chi connectivity index (χ4n) is 3.47. The van der Waals surface area contributed by atoms with Crippen LogP contribution in [0.2, 0.25) is 0 Å². The molecule has 4 rings (SSSR count). The normalized spacial score (nSPS) is 12.9. The Balaban J connectivity index is 1.37. The number of hydrogen-bond donors (Lipinski definition) is 0. The van der Waals surface area contributed by atoms with Crippen molar-refractivity contribution in [1.82, 2.24) is 4.90 Å². The molecule has 8 nitrogen and oxygen atoms in total. The van der Waals surface area contributed by atoms with E-state index in [1.165, 1.54) is 18.2 Å². The number of benzene rings is 3. The molecule has 3 aromatic rings. The molecule has 2 amide bonds. The van der Waals surface area contributed by atoms with Crippen LogP contribution >= 0.6 is 0 Å². The van der Waals surface area contributed by atoms with E-state index in [0.717, 1.165) is 15.7 Å². The first-order valence-corrected chi connectivity index (χ1v) is 9.29. The Kier molecular flexibility index (Phi) is 4.97. The van der Waals surface area contributed by atoms with Gasteiger partial charge in [-0.15, -0.1) is 0 Å². The summed E-state index contributed by atoms with van der Waals surface area (Å²) in [7, 11) is 0. The molecular weight excluding hydrogens is 388 g/mol. The highest BCUT2D eigenvalue weighted by molar-refractivity contribution is 6.23. The number of carbonyl (C=O) groups excluding carboxylic acids is 3. The molecule has 1 heterocycles. The third kappa shape index (κ3) is 3.50. The van der Waals surface area contributed by atoms with Gasteiger partial charge in [-0.05, 0) is 35.4 Å². The number of nitrogens with zero attached hydrogens (tertiary/aromatic N) is 2. The number of nitro groups is 1. The number of imide groups is 1. The van der Waals surface area contributed by atoms with E-state index >= 15 is 0 Å². The van der Waals surface area contributed by atoms with Gasteiger partial charge in [0.05, 0.1) is 10.5 Å². The summed E-state index contributed by atoms with van der Waals surface area (Å²) in [5.41, 5.74) is -0.594. The second-order valence-electron chi connectivity index (χ2n) is 6.81. The number of rotatable bonds is 6. The van der Waals surface area contributed by atoms with Crippen molar-refractivity contribution in [2.24, 2.45) is 0 Å². The fraction of sp³-hybridized carbons (Fsp3) is 0.136. The molecule has 0 saturated carbocycles. The minimum absolute atomic E-state index is 0.00735. The quantitative estimate of drug-likeness (QED) is 0.204. The molecule has 30 heavy (non-hydrogen) atoms. The van der Waals surface area contributed by atoms with E-state index in [1.807, 2.05) is 30.3 Å². The maximum Gasteiger partial charge on any atom is 0.311 e. The van der Waals surface area contributed by atoms with Crippen LogP contribution < -0.4 is 4.74 Å². The van der Waals surface area contributed by atoms with E-state index in [-0.39, 0.29) is 30.5 Å². The van der Waals surface area contributed by atoms with Crippen LogP contribution in [-0.4, -0.2) is 34.2 Å². The first kappa shape index (κ1) is 19.3. The van der Waals surface area contributed by atoms with Crippen molar-refractivity contribution >= 4 is 34.2 Å². The van der Waals surface area contributed by atoms with Crippen LogP contribution in [0.15, 0.2) is 60.7 Å². The van der Waals surface area contributed by atoms with Crippen LogP contribution in [0.25, 0.3) is 10.8 Å². The van der Waals surface area contributed by atoms with Crippen molar-refractivity contribution in [3.63, 3.8) is 0 Å². The summed E-state index contributed by atoms with van der Waals surface area (Å²) in [5.74, 6) is -1.39. The Hall–Kier alpha value is -4.07. The summed E-state index contributed by atoms with van der Waals surface area (Å²) < 4.78 is 5.34. The van der Waals surface area contributed by atoms with Gasteiger partial charge in [0.25, 0.3) is 17.5 Å². The summed E-state index contributed by atoms with van der Waals surface area (Å²) in [6.45, 7) is -0.0314. The van der Waals surface area contributed by atoms with Crippen molar-refractivity contribution in [1.29, 1.82) is 0 Å². The lowest BCUT2D eigenvalue weighted by Gasteiger charge is -2.13. The largest absolute Gasteiger partial charge is 0.427 e. The average Bonchev–Trinajstić information content (AvgIpc) is 2.98. The van der Waals surface area contributed by atoms with E-state index in [0.29, 0.717) is 5.75 Å². The predicted molar refractivity (Wildman–Crippen MR) is 107 cm³/mol. The summed E-state index contributed by atoms with van der Waals surface area (Å²) in [5, 5.41) is 13.1. The number of fused-ring (bicyclic) bond motifs is 2. The number of esters is 1. The minimum atomic E-state index is -0.717. The highest BCUT2D eigenvalue weighted by atomic mass is 16.6. The Bertz CT molecular complexity index is 1200. The average molecular weight is 404 g/mol. The molecule has 0 spiro atoms. The fourth-order valence-corrected chi connectivity index (χ4v) is 3.47. The molecule has 0 unspecified atom stereocenters. The zero-order chi connectivity index (χ0) is 21.3. The van der Waals surface area contributed by atoms with Crippen molar-refractivity contribution < 1.29 is 24.0 Å². The third-order valence-corrected chi connectivity index (χ3v) is 4.89. The van der Waals surface area contributed by atoms with Crippen molar-refractivity contribution in [2.75, 3.05) is 6.54 Å². The van der Waals surface area contributed by atoms with E-state index < -0.39 is 28.4 Å². The molecule has 0 bridgehead atoms. The maximum atomic E-state index is 12.5. The molecule has 3 aromatic carbocycles. The molecule has 0 N–H and O–H groups in total. The van der Waals surface area contributed by atoms with E-state index in [4.69, 9.17) is 4.74 Å². The molecule has 0 fully saturated rings. The molecule has 150 valence electrons. The zero-order valence-corrected chi connectivity index (χ0v) is 15.7. The lowest BCUT2D eigenvalue weighted by Crippen LogP contribution is -2.31. The standard InChI is InChI=1S/C22H16N2O6/c25-19(30-16-11-10-14-5-1-2-6-15(14)13-16)9-4-12-23-21(26)17-7-3-8-18(24(28)29)20(17)22(23)27/h1-3,5-8,10-11,13H,4,9,12H2. The van der Waals surface area contributed by atoms with Crippen molar-refractivity contribution in [3.8, 4) is 5.75 Å². The second kappa shape index (κ2) is 7.75. The lowest BCUT2D eigenvalue weighted by atomic mass is 10.1. The maximum absolute atomic E-state index is 12.5. The zero-order valence-electron chi connectivity index (χ0n) is 15.7.